The molecule has 2 N–H and O–H groups in total. The smallest absolute Gasteiger partial charge is 0.321 e. The third kappa shape index (κ3) is 5.29. The van der Waals surface area contributed by atoms with E-state index in [4.69, 9.17) is 16.6 Å². The maximum Gasteiger partial charge on any atom is 0.321 e. The van der Waals surface area contributed by atoms with Gasteiger partial charge in [-0.25, -0.2) is 9.78 Å². The fraction of sp³-hybridized carbons (Fsp3) is 0.208. The van der Waals surface area contributed by atoms with Crippen molar-refractivity contribution < 1.29 is 4.79 Å². The third-order valence-electron chi connectivity index (χ3n) is 5.42. The zero-order valence-corrected chi connectivity index (χ0v) is 19.7. The van der Waals surface area contributed by atoms with Crippen molar-refractivity contribution in [3.8, 4) is 11.3 Å². The Morgan fingerprint density at radius 2 is 1.94 bits per heavy atom. The molecule has 0 radical (unpaired) electrons. The summed E-state index contributed by atoms with van der Waals surface area (Å²) in [4.78, 5) is 18.9. The molecule has 0 aliphatic heterocycles. The summed E-state index contributed by atoms with van der Waals surface area (Å²) < 4.78 is 1.80. The van der Waals surface area contributed by atoms with Gasteiger partial charge in [0.25, 0.3) is 0 Å². The number of amides is 2. The summed E-state index contributed by atoms with van der Waals surface area (Å²) in [6.45, 7) is 3.29. The summed E-state index contributed by atoms with van der Waals surface area (Å²) in [5, 5.41) is 11.5. The van der Waals surface area contributed by atoms with Crippen LogP contribution in [-0.4, -0.2) is 53.5 Å². The number of benzene rings is 2. The van der Waals surface area contributed by atoms with Crippen molar-refractivity contribution in [2.45, 2.75) is 13.3 Å². The van der Waals surface area contributed by atoms with E-state index in [1.165, 1.54) is 0 Å². The number of anilines is 2. The standard InChI is InChI=1S/C24H26BClN6O/c1-16-8-10-17(11-9-16)29-24(33)31(2)13-5-12-27-22-14-21(18-6-3-4-7-20(18)26)30-23-19(25)15-28-32(22)23/h3-4,6-11,14-15,27H,5,12-13,25H2,1-2H3,(H,29,33). The van der Waals surface area contributed by atoms with Crippen LogP contribution >= 0.6 is 11.6 Å². The first-order valence-electron chi connectivity index (χ1n) is 10.9. The van der Waals surface area contributed by atoms with Gasteiger partial charge in [0, 0.05) is 48.7 Å². The number of carbonyl (C=O) groups is 1. The minimum absolute atomic E-state index is 0.131. The highest BCUT2D eigenvalue weighted by atomic mass is 35.5. The van der Waals surface area contributed by atoms with E-state index < -0.39 is 0 Å². The Balaban J connectivity index is 1.40. The number of hydrogen-bond acceptors (Lipinski definition) is 4. The summed E-state index contributed by atoms with van der Waals surface area (Å²) >= 11 is 6.41. The second-order valence-corrected chi connectivity index (χ2v) is 8.47. The second kappa shape index (κ2) is 9.96. The molecule has 0 fully saturated rings. The normalized spacial score (nSPS) is 10.9. The Morgan fingerprint density at radius 3 is 2.70 bits per heavy atom. The van der Waals surface area contributed by atoms with Gasteiger partial charge >= 0.3 is 6.03 Å². The van der Waals surface area contributed by atoms with E-state index in [1.54, 1.807) is 22.7 Å². The van der Waals surface area contributed by atoms with Crippen molar-refractivity contribution in [3.05, 3.63) is 71.4 Å². The number of fused-ring (bicyclic) bond motifs is 1. The predicted molar refractivity (Wildman–Crippen MR) is 138 cm³/mol. The van der Waals surface area contributed by atoms with E-state index in [0.717, 1.165) is 45.9 Å². The fourth-order valence-electron chi connectivity index (χ4n) is 3.50. The van der Waals surface area contributed by atoms with Crippen molar-refractivity contribution in [1.82, 2.24) is 19.5 Å². The highest BCUT2D eigenvalue weighted by molar-refractivity contribution is 6.36. The highest BCUT2D eigenvalue weighted by Gasteiger charge is 2.13. The molecule has 33 heavy (non-hydrogen) atoms. The quantitative estimate of drug-likeness (QED) is 0.326. The Labute approximate surface area is 199 Å². The minimum Gasteiger partial charge on any atom is -0.370 e. The lowest BCUT2D eigenvalue weighted by Gasteiger charge is -2.18. The van der Waals surface area contributed by atoms with Gasteiger partial charge in [0.05, 0.1) is 5.69 Å². The van der Waals surface area contributed by atoms with Crippen LogP contribution in [0.5, 0.6) is 0 Å². The van der Waals surface area contributed by atoms with Gasteiger partial charge in [-0.3, -0.25) is 0 Å². The van der Waals surface area contributed by atoms with Gasteiger partial charge in [-0.1, -0.05) is 47.5 Å². The Kier molecular flexibility index (Phi) is 6.84. The van der Waals surface area contributed by atoms with Crippen LogP contribution in [0.3, 0.4) is 0 Å². The van der Waals surface area contributed by atoms with Crippen LogP contribution in [0.15, 0.2) is 60.8 Å². The van der Waals surface area contributed by atoms with E-state index in [1.807, 2.05) is 69.4 Å². The van der Waals surface area contributed by atoms with E-state index >= 15 is 0 Å². The Hall–Kier alpha value is -3.52. The Bertz CT molecular complexity index is 1270. The lowest BCUT2D eigenvalue weighted by atomic mass is 10.0. The van der Waals surface area contributed by atoms with Crippen molar-refractivity contribution in [2.24, 2.45) is 0 Å². The summed E-state index contributed by atoms with van der Waals surface area (Å²) in [5.41, 5.74) is 5.37. The van der Waals surface area contributed by atoms with Crippen LogP contribution in [0.1, 0.15) is 12.0 Å². The maximum absolute atomic E-state index is 12.4. The lowest BCUT2D eigenvalue weighted by Crippen LogP contribution is -2.32. The molecule has 0 aliphatic rings. The molecule has 0 aliphatic carbocycles. The van der Waals surface area contributed by atoms with Crippen LogP contribution in [0, 0.1) is 6.92 Å². The number of aryl methyl sites for hydroxylation is 1. The molecule has 4 rings (SSSR count). The molecule has 168 valence electrons. The van der Waals surface area contributed by atoms with Crippen LogP contribution in [-0.2, 0) is 0 Å². The Morgan fingerprint density at radius 1 is 1.18 bits per heavy atom. The van der Waals surface area contributed by atoms with Gasteiger partial charge in [-0.15, -0.1) is 0 Å². The molecule has 4 aromatic rings. The fourth-order valence-corrected chi connectivity index (χ4v) is 3.73. The zero-order chi connectivity index (χ0) is 23.4. The molecule has 9 heteroatoms. The van der Waals surface area contributed by atoms with Crippen molar-refractivity contribution in [1.29, 1.82) is 0 Å². The molecule has 0 bridgehead atoms. The molecular weight excluding hydrogens is 435 g/mol. The van der Waals surface area contributed by atoms with Crippen molar-refractivity contribution in [3.63, 3.8) is 0 Å². The monoisotopic (exact) mass is 460 g/mol. The number of nitrogens with zero attached hydrogens (tertiary/aromatic N) is 4. The van der Waals surface area contributed by atoms with Gasteiger partial charge < -0.3 is 15.5 Å². The van der Waals surface area contributed by atoms with Crippen LogP contribution in [0.25, 0.3) is 16.9 Å². The van der Waals surface area contributed by atoms with Gasteiger partial charge in [-0.05, 0) is 37.0 Å². The van der Waals surface area contributed by atoms with Crippen molar-refractivity contribution in [2.75, 3.05) is 30.8 Å². The molecule has 0 spiro atoms. The number of halogens is 1. The molecule has 7 nitrogen and oxygen atoms in total. The summed E-state index contributed by atoms with van der Waals surface area (Å²) in [7, 11) is 3.78. The number of nitrogens with one attached hydrogen (secondary N) is 2. The number of aromatic nitrogens is 3. The first kappa shape index (κ1) is 22.7. The van der Waals surface area contributed by atoms with Gasteiger partial charge in [0.1, 0.15) is 13.7 Å². The molecule has 0 saturated carbocycles. The number of hydrogen-bond donors (Lipinski definition) is 2. The average Bonchev–Trinajstić information content (AvgIpc) is 3.19. The van der Waals surface area contributed by atoms with E-state index in [0.29, 0.717) is 18.1 Å². The molecule has 0 atom stereocenters. The number of rotatable bonds is 7. The van der Waals surface area contributed by atoms with Gasteiger partial charge in [-0.2, -0.15) is 9.61 Å². The second-order valence-electron chi connectivity index (χ2n) is 8.07. The number of carbonyl (C=O) groups excluding carboxylic acids is 1. The molecule has 0 saturated heterocycles. The SMILES string of the molecule is Bc1cnn2c(NCCCN(C)C(=O)Nc3ccc(C)cc3)cc(-c3ccccc3Cl)nc12. The van der Waals surface area contributed by atoms with E-state index in [9.17, 15) is 4.79 Å². The minimum atomic E-state index is -0.131. The van der Waals surface area contributed by atoms with Gasteiger partial charge in [0.15, 0.2) is 5.65 Å². The molecule has 2 aromatic heterocycles. The average molecular weight is 461 g/mol. The first-order valence-corrected chi connectivity index (χ1v) is 11.2. The van der Waals surface area contributed by atoms with E-state index in [-0.39, 0.29) is 6.03 Å². The zero-order valence-electron chi connectivity index (χ0n) is 19.0. The lowest BCUT2D eigenvalue weighted by molar-refractivity contribution is 0.222. The molecule has 2 amide bonds. The topological polar surface area (TPSA) is 74.6 Å². The summed E-state index contributed by atoms with van der Waals surface area (Å²) in [6, 6.07) is 17.2. The summed E-state index contributed by atoms with van der Waals surface area (Å²) in [5.74, 6) is 0.828. The van der Waals surface area contributed by atoms with Crippen LogP contribution in [0.4, 0.5) is 16.3 Å². The van der Waals surface area contributed by atoms with Crippen LogP contribution in [0.2, 0.25) is 5.02 Å². The summed E-state index contributed by atoms with van der Waals surface area (Å²) in [6.07, 6.45) is 2.57. The highest BCUT2D eigenvalue weighted by Crippen LogP contribution is 2.28. The van der Waals surface area contributed by atoms with Crippen LogP contribution < -0.4 is 16.1 Å². The first-order chi connectivity index (χ1) is 15.9. The maximum atomic E-state index is 12.4. The predicted octanol–water partition coefficient (Wildman–Crippen LogP) is 3.58. The largest absolute Gasteiger partial charge is 0.370 e. The third-order valence-corrected chi connectivity index (χ3v) is 5.75. The number of urea groups is 1. The van der Waals surface area contributed by atoms with E-state index in [2.05, 4.69) is 15.7 Å². The molecule has 2 heterocycles. The molecule has 0 unspecified atom stereocenters. The van der Waals surface area contributed by atoms with Gasteiger partial charge in [0.2, 0.25) is 0 Å². The van der Waals surface area contributed by atoms with Crippen molar-refractivity contribution >= 4 is 48.1 Å². The molecule has 2 aromatic carbocycles. The molecular formula is C24H26BClN6O.